The molecule has 1 aromatic carbocycles. The molecule has 1 aromatic rings. The number of aryl methyl sites for hydroxylation is 2. The zero-order valence-corrected chi connectivity index (χ0v) is 17.4. The molecule has 0 aliphatic heterocycles. The van der Waals surface area contributed by atoms with Gasteiger partial charge in [-0.25, -0.2) is 0 Å². The van der Waals surface area contributed by atoms with Gasteiger partial charge in [0.2, 0.25) is 0 Å². The van der Waals surface area contributed by atoms with Gasteiger partial charge in [-0.15, -0.1) is 0 Å². The van der Waals surface area contributed by atoms with Crippen molar-refractivity contribution in [2.75, 3.05) is 13.7 Å². The SMILES string of the molecule is CCCCCc1cc(CCCCC)c(OCCCC)c(CC(=O)OC)c1. The summed E-state index contributed by atoms with van der Waals surface area (Å²) >= 11 is 0. The van der Waals surface area contributed by atoms with Crippen LogP contribution in [0.4, 0.5) is 0 Å². The molecule has 0 aliphatic carbocycles. The number of unbranched alkanes of at least 4 members (excludes halogenated alkanes) is 5. The summed E-state index contributed by atoms with van der Waals surface area (Å²) < 4.78 is 11.1. The van der Waals surface area contributed by atoms with Crippen LogP contribution < -0.4 is 4.74 Å². The first-order chi connectivity index (χ1) is 12.7. The van der Waals surface area contributed by atoms with E-state index in [2.05, 4.69) is 32.9 Å². The number of benzene rings is 1. The van der Waals surface area contributed by atoms with Crippen molar-refractivity contribution >= 4 is 5.97 Å². The number of hydrogen-bond donors (Lipinski definition) is 0. The van der Waals surface area contributed by atoms with Crippen LogP contribution in [0, 0.1) is 0 Å². The fourth-order valence-corrected chi connectivity index (χ4v) is 3.16. The van der Waals surface area contributed by atoms with Gasteiger partial charge < -0.3 is 9.47 Å². The molecule has 0 atom stereocenters. The Morgan fingerprint density at radius 3 is 2.08 bits per heavy atom. The largest absolute Gasteiger partial charge is 0.493 e. The molecule has 0 N–H and O–H groups in total. The molecule has 0 fully saturated rings. The van der Waals surface area contributed by atoms with Crippen LogP contribution in [0.25, 0.3) is 0 Å². The number of methoxy groups -OCH3 is 1. The van der Waals surface area contributed by atoms with Crippen LogP contribution in [0.15, 0.2) is 12.1 Å². The average Bonchev–Trinajstić information content (AvgIpc) is 2.64. The Kier molecular flexibility index (Phi) is 11.8. The van der Waals surface area contributed by atoms with Gasteiger partial charge in [-0.3, -0.25) is 4.79 Å². The van der Waals surface area contributed by atoms with E-state index in [1.165, 1.54) is 50.3 Å². The van der Waals surface area contributed by atoms with Crippen LogP contribution in [-0.2, 0) is 28.8 Å². The molecule has 0 radical (unpaired) electrons. The Bertz CT molecular complexity index is 522. The fraction of sp³-hybridized carbons (Fsp3) is 0.696. The molecule has 3 heteroatoms. The van der Waals surface area contributed by atoms with Gasteiger partial charge in [0.05, 0.1) is 20.1 Å². The zero-order valence-electron chi connectivity index (χ0n) is 17.4. The predicted molar refractivity (Wildman–Crippen MR) is 109 cm³/mol. The second-order valence-corrected chi connectivity index (χ2v) is 7.11. The summed E-state index contributed by atoms with van der Waals surface area (Å²) in [6.45, 7) is 7.32. The second kappa shape index (κ2) is 13.7. The Balaban J connectivity index is 3.11. The molecule has 1 rings (SSSR count). The van der Waals surface area contributed by atoms with Crippen molar-refractivity contribution in [3.8, 4) is 5.75 Å². The summed E-state index contributed by atoms with van der Waals surface area (Å²) in [6.07, 6.45) is 11.8. The quantitative estimate of drug-likeness (QED) is 0.299. The first kappa shape index (κ1) is 22.5. The normalized spacial score (nSPS) is 10.8. The molecule has 0 aromatic heterocycles. The van der Waals surface area contributed by atoms with Gasteiger partial charge >= 0.3 is 5.97 Å². The average molecular weight is 363 g/mol. The standard InChI is InChI=1S/C23H38O3/c1-5-8-11-13-19-16-20(14-12-9-6-2)23(26-15-10-7-3)21(17-19)18-22(24)25-4/h16-17H,5-15,18H2,1-4H3. The van der Waals surface area contributed by atoms with Crippen LogP contribution in [0.2, 0.25) is 0 Å². The molecular weight excluding hydrogens is 324 g/mol. The number of rotatable bonds is 14. The highest BCUT2D eigenvalue weighted by molar-refractivity contribution is 5.74. The van der Waals surface area contributed by atoms with Crippen molar-refractivity contribution < 1.29 is 14.3 Å². The van der Waals surface area contributed by atoms with Crippen molar-refractivity contribution in [2.24, 2.45) is 0 Å². The summed E-state index contributed by atoms with van der Waals surface area (Å²) in [5.74, 6) is 0.731. The molecule has 3 nitrogen and oxygen atoms in total. The van der Waals surface area contributed by atoms with Crippen molar-refractivity contribution in [3.05, 3.63) is 28.8 Å². The minimum Gasteiger partial charge on any atom is -0.493 e. The second-order valence-electron chi connectivity index (χ2n) is 7.11. The summed E-state index contributed by atoms with van der Waals surface area (Å²) in [6, 6.07) is 4.48. The Labute approximate surface area is 160 Å². The van der Waals surface area contributed by atoms with Crippen LogP contribution in [0.3, 0.4) is 0 Å². The summed E-state index contributed by atoms with van der Waals surface area (Å²) in [7, 11) is 1.45. The van der Waals surface area contributed by atoms with Crippen LogP contribution in [0.1, 0.15) is 88.8 Å². The molecule has 0 bridgehead atoms. The molecular formula is C23H38O3. The Morgan fingerprint density at radius 1 is 0.846 bits per heavy atom. The molecule has 148 valence electrons. The van der Waals surface area contributed by atoms with Crippen LogP contribution in [-0.4, -0.2) is 19.7 Å². The first-order valence-corrected chi connectivity index (χ1v) is 10.5. The minimum absolute atomic E-state index is 0.199. The number of esters is 1. The number of carbonyl (C=O) groups excluding carboxylic acids is 1. The smallest absolute Gasteiger partial charge is 0.310 e. The van der Waals surface area contributed by atoms with Gasteiger partial charge in [-0.05, 0) is 43.2 Å². The topological polar surface area (TPSA) is 35.5 Å². The number of hydrogen-bond acceptors (Lipinski definition) is 3. The van der Waals surface area contributed by atoms with Gasteiger partial charge in [-0.2, -0.15) is 0 Å². The van der Waals surface area contributed by atoms with E-state index in [-0.39, 0.29) is 5.97 Å². The van der Waals surface area contributed by atoms with E-state index in [1.807, 2.05) is 0 Å². The lowest BCUT2D eigenvalue weighted by atomic mass is 9.95. The van der Waals surface area contributed by atoms with Crippen molar-refractivity contribution in [2.45, 2.75) is 91.4 Å². The Hall–Kier alpha value is -1.51. The lowest BCUT2D eigenvalue weighted by Crippen LogP contribution is -2.10. The van der Waals surface area contributed by atoms with Gasteiger partial charge in [0.1, 0.15) is 5.75 Å². The first-order valence-electron chi connectivity index (χ1n) is 10.5. The lowest BCUT2D eigenvalue weighted by Gasteiger charge is -2.18. The van der Waals surface area contributed by atoms with E-state index < -0.39 is 0 Å². The molecule has 0 aliphatic rings. The molecule has 0 spiro atoms. The zero-order chi connectivity index (χ0) is 19.2. The molecule has 0 heterocycles. The van der Waals surface area contributed by atoms with Crippen LogP contribution >= 0.6 is 0 Å². The third kappa shape index (κ3) is 8.25. The highest BCUT2D eigenvalue weighted by atomic mass is 16.5. The monoisotopic (exact) mass is 362 g/mol. The third-order valence-electron chi connectivity index (χ3n) is 4.73. The molecule has 26 heavy (non-hydrogen) atoms. The molecule has 0 amide bonds. The van der Waals surface area contributed by atoms with Crippen molar-refractivity contribution in [3.63, 3.8) is 0 Å². The molecule has 0 saturated heterocycles. The summed E-state index contributed by atoms with van der Waals surface area (Å²) in [4.78, 5) is 11.9. The minimum atomic E-state index is -0.199. The highest BCUT2D eigenvalue weighted by Gasteiger charge is 2.16. The summed E-state index contributed by atoms with van der Waals surface area (Å²) in [5, 5.41) is 0. The molecule has 0 saturated carbocycles. The summed E-state index contributed by atoms with van der Waals surface area (Å²) in [5.41, 5.74) is 3.59. The molecule has 0 unspecified atom stereocenters. The fourth-order valence-electron chi connectivity index (χ4n) is 3.16. The maximum atomic E-state index is 11.9. The van der Waals surface area contributed by atoms with Gasteiger partial charge in [-0.1, -0.05) is 65.0 Å². The van der Waals surface area contributed by atoms with Crippen molar-refractivity contribution in [1.82, 2.24) is 0 Å². The Morgan fingerprint density at radius 2 is 1.46 bits per heavy atom. The van der Waals surface area contributed by atoms with E-state index in [4.69, 9.17) is 9.47 Å². The third-order valence-corrected chi connectivity index (χ3v) is 4.73. The van der Waals surface area contributed by atoms with E-state index in [0.717, 1.165) is 43.4 Å². The number of carbonyl (C=O) groups is 1. The van der Waals surface area contributed by atoms with Crippen molar-refractivity contribution in [1.29, 1.82) is 0 Å². The van der Waals surface area contributed by atoms with Gasteiger partial charge in [0.15, 0.2) is 0 Å². The van der Waals surface area contributed by atoms with E-state index >= 15 is 0 Å². The van der Waals surface area contributed by atoms with Gasteiger partial charge in [0, 0.05) is 5.56 Å². The van der Waals surface area contributed by atoms with Gasteiger partial charge in [0.25, 0.3) is 0 Å². The predicted octanol–water partition coefficient (Wildman–Crippen LogP) is 6.05. The number of ether oxygens (including phenoxy) is 2. The van der Waals surface area contributed by atoms with Crippen LogP contribution in [0.5, 0.6) is 5.75 Å². The van der Waals surface area contributed by atoms with E-state index in [1.54, 1.807) is 0 Å². The lowest BCUT2D eigenvalue weighted by molar-refractivity contribution is -0.139. The maximum Gasteiger partial charge on any atom is 0.310 e. The highest BCUT2D eigenvalue weighted by Crippen LogP contribution is 2.30. The maximum absolute atomic E-state index is 11.9. The van der Waals surface area contributed by atoms with E-state index in [9.17, 15) is 4.79 Å². The van der Waals surface area contributed by atoms with E-state index in [0.29, 0.717) is 13.0 Å².